The minimum absolute atomic E-state index is 0.0582. The lowest BCUT2D eigenvalue weighted by Crippen LogP contribution is -2.48. The van der Waals surface area contributed by atoms with Crippen LogP contribution in [0.5, 0.6) is 0 Å². The van der Waals surface area contributed by atoms with E-state index in [1.807, 2.05) is 25.6 Å². The number of rotatable bonds is 5. The van der Waals surface area contributed by atoms with Gasteiger partial charge >= 0.3 is 0 Å². The Labute approximate surface area is 115 Å². The highest BCUT2D eigenvalue weighted by Gasteiger charge is 2.33. The molecule has 0 radical (unpaired) electrons. The number of nitrogens with one attached hydrogen (secondary N) is 1. The van der Waals surface area contributed by atoms with Gasteiger partial charge in [0.15, 0.2) is 0 Å². The van der Waals surface area contributed by atoms with Crippen molar-refractivity contribution in [3.8, 4) is 0 Å². The first kappa shape index (κ1) is 15.8. The number of thioether (sulfide) groups is 1. The summed E-state index contributed by atoms with van der Waals surface area (Å²) in [5.41, 5.74) is -1.04. The van der Waals surface area contributed by atoms with Crippen LogP contribution in [0.3, 0.4) is 0 Å². The lowest BCUT2D eigenvalue weighted by molar-refractivity contribution is -0.131. The van der Waals surface area contributed by atoms with Crippen LogP contribution in [-0.2, 0) is 4.79 Å². The first-order valence-corrected chi connectivity index (χ1v) is 7.99. The van der Waals surface area contributed by atoms with Crippen LogP contribution in [0.1, 0.15) is 47.0 Å². The largest absolute Gasteiger partial charge is 0.388 e. The van der Waals surface area contributed by atoms with Crippen molar-refractivity contribution < 1.29 is 9.90 Å². The van der Waals surface area contributed by atoms with Crippen LogP contribution in [0.25, 0.3) is 0 Å². The predicted molar refractivity (Wildman–Crippen MR) is 77.8 cm³/mol. The molecule has 0 unspecified atom stereocenters. The zero-order valence-electron chi connectivity index (χ0n) is 12.1. The fraction of sp³-hybridized carbons (Fsp3) is 0.929. The Morgan fingerprint density at radius 3 is 2.44 bits per heavy atom. The number of amides is 1. The van der Waals surface area contributed by atoms with Gasteiger partial charge < -0.3 is 10.4 Å². The maximum atomic E-state index is 12.2. The van der Waals surface area contributed by atoms with Crippen molar-refractivity contribution in [2.45, 2.75) is 52.6 Å². The molecule has 0 aromatic heterocycles. The van der Waals surface area contributed by atoms with Gasteiger partial charge in [0.1, 0.15) is 0 Å². The summed E-state index contributed by atoms with van der Waals surface area (Å²) < 4.78 is 0. The monoisotopic (exact) mass is 273 g/mol. The van der Waals surface area contributed by atoms with E-state index in [0.717, 1.165) is 30.8 Å². The second kappa shape index (κ2) is 6.29. The van der Waals surface area contributed by atoms with Crippen molar-refractivity contribution in [3.05, 3.63) is 0 Å². The SMILES string of the molecule is CC(C)CC(C)(C)C(=O)NCC1(O)CCSCC1. The third-order valence-corrected chi connectivity index (χ3v) is 4.52. The minimum Gasteiger partial charge on any atom is -0.388 e. The molecule has 0 bridgehead atoms. The van der Waals surface area contributed by atoms with Gasteiger partial charge in [0.25, 0.3) is 0 Å². The van der Waals surface area contributed by atoms with Crippen molar-refractivity contribution in [2.75, 3.05) is 18.1 Å². The molecular formula is C14H27NO2S. The van der Waals surface area contributed by atoms with Crippen LogP contribution in [0.2, 0.25) is 0 Å². The molecule has 0 spiro atoms. The molecule has 0 aromatic carbocycles. The fourth-order valence-corrected chi connectivity index (χ4v) is 3.78. The Balaban J connectivity index is 2.44. The van der Waals surface area contributed by atoms with Gasteiger partial charge in [-0.15, -0.1) is 0 Å². The molecule has 4 heteroatoms. The van der Waals surface area contributed by atoms with Crippen molar-refractivity contribution in [1.29, 1.82) is 0 Å². The molecule has 1 fully saturated rings. The van der Waals surface area contributed by atoms with Crippen molar-refractivity contribution in [1.82, 2.24) is 5.32 Å². The van der Waals surface area contributed by atoms with E-state index in [4.69, 9.17) is 0 Å². The second-order valence-corrected chi connectivity index (χ2v) is 7.73. The Bertz CT molecular complexity index is 284. The molecular weight excluding hydrogens is 246 g/mol. The van der Waals surface area contributed by atoms with Crippen molar-refractivity contribution in [2.24, 2.45) is 11.3 Å². The molecule has 1 amide bonds. The van der Waals surface area contributed by atoms with Crippen molar-refractivity contribution in [3.63, 3.8) is 0 Å². The van der Waals surface area contributed by atoms with Gasteiger partial charge in [0, 0.05) is 12.0 Å². The maximum absolute atomic E-state index is 12.2. The molecule has 0 saturated carbocycles. The van der Waals surface area contributed by atoms with E-state index >= 15 is 0 Å². The van der Waals surface area contributed by atoms with E-state index in [1.165, 1.54) is 0 Å². The van der Waals surface area contributed by atoms with Crippen LogP contribution in [-0.4, -0.2) is 34.7 Å². The number of hydrogen-bond donors (Lipinski definition) is 2. The fourth-order valence-electron chi connectivity index (χ4n) is 2.53. The first-order valence-electron chi connectivity index (χ1n) is 6.84. The lowest BCUT2D eigenvalue weighted by atomic mass is 9.83. The average Bonchev–Trinajstić information content (AvgIpc) is 2.25. The zero-order valence-corrected chi connectivity index (χ0v) is 12.9. The summed E-state index contributed by atoms with van der Waals surface area (Å²) >= 11 is 1.87. The highest BCUT2D eigenvalue weighted by molar-refractivity contribution is 7.99. The van der Waals surface area contributed by atoms with E-state index in [2.05, 4.69) is 19.2 Å². The predicted octanol–water partition coefficient (Wildman–Crippen LogP) is 2.43. The summed E-state index contributed by atoms with van der Waals surface area (Å²) in [5.74, 6) is 2.53. The highest BCUT2D eigenvalue weighted by atomic mass is 32.2. The number of carbonyl (C=O) groups excluding carboxylic acids is 1. The summed E-state index contributed by atoms with van der Waals surface area (Å²) in [6.45, 7) is 8.60. The van der Waals surface area contributed by atoms with E-state index in [-0.39, 0.29) is 11.3 Å². The second-order valence-electron chi connectivity index (χ2n) is 6.50. The lowest BCUT2D eigenvalue weighted by Gasteiger charge is -2.33. The summed E-state index contributed by atoms with van der Waals surface area (Å²) in [5, 5.41) is 13.3. The molecule has 1 aliphatic heterocycles. The molecule has 0 aromatic rings. The van der Waals surface area contributed by atoms with E-state index in [0.29, 0.717) is 12.5 Å². The van der Waals surface area contributed by atoms with E-state index < -0.39 is 5.60 Å². The number of carbonyl (C=O) groups is 1. The van der Waals surface area contributed by atoms with E-state index in [9.17, 15) is 9.90 Å². The molecule has 2 N–H and O–H groups in total. The van der Waals surface area contributed by atoms with Crippen LogP contribution in [0.15, 0.2) is 0 Å². The van der Waals surface area contributed by atoms with Crippen LogP contribution < -0.4 is 5.32 Å². The summed E-state index contributed by atoms with van der Waals surface area (Å²) in [6, 6.07) is 0. The molecule has 1 rings (SSSR count). The average molecular weight is 273 g/mol. The standard InChI is InChI=1S/C14H27NO2S/c1-11(2)9-13(3,4)12(16)15-10-14(17)5-7-18-8-6-14/h11,17H,5-10H2,1-4H3,(H,15,16). The Kier molecular flexibility index (Phi) is 5.53. The molecule has 1 aliphatic rings. The first-order chi connectivity index (χ1) is 8.25. The number of hydrogen-bond acceptors (Lipinski definition) is 3. The topological polar surface area (TPSA) is 49.3 Å². The van der Waals surface area contributed by atoms with Gasteiger partial charge in [0.05, 0.1) is 5.60 Å². The van der Waals surface area contributed by atoms with Crippen molar-refractivity contribution >= 4 is 17.7 Å². The summed E-state index contributed by atoms with van der Waals surface area (Å²) in [6.07, 6.45) is 2.43. The molecule has 1 saturated heterocycles. The highest BCUT2D eigenvalue weighted by Crippen LogP contribution is 2.28. The molecule has 106 valence electrons. The van der Waals surface area contributed by atoms with E-state index in [1.54, 1.807) is 0 Å². The van der Waals surface area contributed by atoms with Gasteiger partial charge in [-0.05, 0) is 36.7 Å². The van der Waals surface area contributed by atoms with Crippen LogP contribution >= 0.6 is 11.8 Å². The van der Waals surface area contributed by atoms with Crippen LogP contribution in [0.4, 0.5) is 0 Å². The van der Waals surface area contributed by atoms with Crippen LogP contribution in [0, 0.1) is 11.3 Å². The molecule has 0 aliphatic carbocycles. The molecule has 0 atom stereocenters. The third-order valence-electron chi connectivity index (χ3n) is 3.53. The quantitative estimate of drug-likeness (QED) is 0.809. The maximum Gasteiger partial charge on any atom is 0.225 e. The molecule has 18 heavy (non-hydrogen) atoms. The van der Waals surface area contributed by atoms with Gasteiger partial charge in [-0.3, -0.25) is 4.79 Å². The summed E-state index contributed by atoms with van der Waals surface area (Å²) in [4.78, 5) is 12.2. The van der Waals surface area contributed by atoms with Gasteiger partial charge in [-0.25, -0.2) is 0 Å². The Morgan fingerprint density at radius 2 is 1.94 bits per heavy atom. The van der Waals surface area contributed by atoms with Gasteiger partial charge in [0.2, 0.25) is 5.91 Å². The Morgan fingerprint density at radius 1 is 1.39 bits per heavy atom. The number of aliphatic hydroxyl groups is 1. The minimum atomic E-state index is -0.686. The molecule has 1 heterocycles. The summed E-state index contributed by atoms with van der Waals surface area (Å²) in [7, 11) is 0. The smallest absolute Gasteiger partial charge is 0.225 e. The van der Waals surface area contributed by atoms with Gasteiger partial charge in [-0.2, -0.15) is 11.8 Å². The zero-order chi connectivity index (χ0) is 13.8. The normalized spacial score (nSPS) is 19.9. The van der Waals surface area contributed by atoms with Gasteiger partial charge in [-0.1, -0.05) is 27.7 Å². The Hall–Kier alpha value is -0.220. The third kappa shape index (κ3) is 4.81. The molecule has 3 nitrogen and oxygen atoms in total.